The maximum atomic E-state index is 12.4. The van der Waals surface area contributed by atoms with Gasteiger partial charge in [0.25, 0.3) is 5.89 Å². The zero-order valence-electron chi connectivity index (χ0n) is 18.0. The van der Waals surface area contributed by atoms with E-state index < -0.39 is 0 Å². The third-order valence-electron chi connectivity index (χ3n) is 5.33. The number of ether oxygens (including phenoxy) is 1. The minimum atomic E-state index is -0.112. The number of hydrogen-bond donors (Lipinski definition) is 1. The fourth-order valence-corrected chi connectivity index (χ4v) is 3.45. The van der Waals surface area contributed by atoms with E-state index >= 15 is 0 Å². The molecule has 5 rings (SSSR count). The molecule has 1 aliphatic heterocycles. The molecule has 0 unspecified atom stereocenters. The average molecular weight is 442 g/mol. The highest BCUT2D eigenvalue weighted by Gasteiger charge is 2.33. The van der Waals surface area contributed by atoms with Crippen molar-refractivity contribution in [1.82, 2.24) is 30.3 Å². The van der Waals surface area contributed by atoms with Crippen molar-refractivity contribution in [1.29, 1.82) is 0 Å². The number of hydrogen-bond acceptors (Lipinski definition) is 7. The van der Waals surface area contributed by atoms with Crippen LogP contribution in [0.1, 0.15) is 11.1 Å². The fourth-order valence-electron chi connectivity index (χ4n) is 3.45. The Morgan fingerprint density at radius 3 is 2.76 bits per heavy atom. The van der Waals surface area contributed by atoms with Crippen LogP contribution in [0.3, 0.4) is 0 Å². The van der Waals surface area contributed by atoms with Crippen molar-refractivity contribution in [2.24, 2.45) is 0 Å². The Kier molecular flexibility index (Phi) is 5.67. The summed E-state index contributed by atoms with van der Waals surface area (Å²) in [7, 11) is 0. The lowest BCUT2D eigenvalue weighted by Gasteiger charge is -2.39. The van der Waals surface area contributed by atoms with Crippen LogP contribution in [0, 0.1) is 6.92 Å². The molecular formula is C24H22N6O3. The van der Waals surface area contributed by atoms with Crippen molar-refractivity contribution < 1.29 is 14.1 Å². The van der Waals surface area contributed by atoms with E-state index in [1.165, 1.54) is 5.56 Å². The van der Waals surface area contributed by atoms with Crippen LogP contribution in [-0.4, -0.2) is 50.2 Å². The molecule has 1 N–H and O–H groups in total. The second kappa shape index (κ2) is 9.07. The van der Waals surface area contributed by atoms with Gasteiger partial charge in [-0.15, -0.1) is 0 Å². The molecule has 9 nitrogen and oxygen atoms in total. The SMILES string of the molecule is Cc1ccc(CNC(=O)N2CC(Oc3ccccc3-c3nc(-c4cnccn4)no3)C2)cc1. The largest absolute Gasteiger partial charge is 0.486 e. The first-order valence-corrected chi connectivity index (χ1v) is 10.6. The summed E-state index contributed by atoms with van der Waals surface area (Å²) in [6, 6.07) is 15.5. The van der Waals surface area contributed by atoms with E-state index in [0.29, 0.717) is 48.4 Å². The molecule has 1 fully saturated rings. The Hall–Kier alpha value is -4.27. The Labute approximate surface area is 190 Å². The number of benzene rings is 2. The van der Waals surface area contributed by atoms with Crippen LogP contribution in [0.15, 0.2) is 71.6 Å². The molecule has 0 aliphatic carbocycles. The minimum absolute atomic E-state index is 0.103. The molecule has 2 aromatic carbocycles. The summed E-state index contributed by atoms with van der Waals surface area (Å²) in [6.07, 6.45) is 4.61. The number of amides is 2. The van der Waals surface area contributed by atoms with Crippen molar-refractivity contribution in [3.63, 3.8) is 0 Å². The van der Waals surface area contributed by atoms with Crippen LogP contribution in [0.5, 0.6) is 5.75 Å². The highest BCUT2D eigenvalue weighted by molar-refractivity contribution is 5.75. The summed E-state index contributed by atoms with van der Waals surface area (Å²) in [6.45, 7) is 3.54. The smallest absolute Gasteiger partial charge is 0.317 e. The molecule has 2 amide bonds. The van der Waals surface area contributed by atoms with Crippen molar-refractivity contribution in [3.8, 4) is 28.7 Å². The number of nitrogens with one attached hydrogen (secondary N) is 1. The lowest BCUT2D eigenvalue weighted by molar-refractivity contribution is 0.0446. The highest BCUT2D eigenvalue weighted by atomic mass is 16.5. The predicted octanol–water partition coefficient (Wildman–Crippen LogP) is 3.47. The van der Waals surface area contributed by atoms with E-state index in [1.807, 2.05) is 55.5 Å². The molecule has 0 spiro atoms. The summed E-state index contributed by atoms with van der Waals surface area (Å²) in [5.41, 5.74) is 3.47. The maximum Gasteiger partial charge on any atom is 0.317 e. The van der Waals surface area contributed by atoms with Gasteiger partial charge in [-0.05, 0) is 24.6 Å². The van der Waals surface area contributed by atoms with Crippen LogP contribution in [-0.2, 0) is 6.54 Å². The molecule has 0 saturated carbocycles. The fraction of sp³-hybridized carbons (Fsp3) is 0.208. The molecule has 166 valence electrons. The van der Waals surface area contributed by atoms with Crippen LogP contribution in [0.4, 0.5) is 4.79 Å². The normalized spacial score (nSPS) is 13.4. The monoisotopic (exact) mass is 442 g/mol. The van der Waals surface area contributed by atoms with Gasteiger partial charge in [0.2, 0.25) is 5.82 Å². The Balaban J connectivity index is 1.18. The zero-order chi connectivity index (χ0) is 22.6. The van der Waals surface area contributed by atoms with E-state index in [1.54, 1.807) is 23.5 Å². The van der Waals surface area contributed by atoms with Gasteiger partial charge in [-0.1, -0.05) is 47.1 Å². The van der Waals surface area contributed by atoms with Gasteiger partial charge in [0.1, 0.15) is 17.5 Å². The molecular weight excluding hydrogens is 420 g/mol. The molecule has 4 aromatic rings. The number of likely N-dealkylation sites (tertiary alicyclic amines) is 1. The molecule has 3 heterocycles. The van der Waals surface area contributed by atoms with E-state index in [2.05, 4.69) is 25.4 Å². The van der Waals surface area contributed by atoms with Crippen LogP contribution in [0.25, 0.3) is 23.0 Å². The summed E-state index contributed by atoms with van der Waals surface area (Å²) in [4.78, 5) is 26.8. The molecule has 9 heteroatoms. The third kappa shape index (κ3) is 4.67. The first-order valence-electron chi connectivity index (χ1n) is 10.6. The van der Waals surface area contributed by atoms with Gasteiger partial charge >= 0.3 is 6.03 Å². The van der Waals surface area contributed by atoms with E-state index in [9.17, 15) is 4.79 Å². The molecule has 33 heavy (non-hydrogen) atoms. The number of aryl methyl sites for hydroxylation is 1. The Morgan fingerprint density at radius 2 is 1.97 bits per heavy atom. The summed E-state index contributed by atoms with van der Waals surface area (Å²) in [5.74, 6) is 1.31. The lowest BCUT2D eigenvalue weighted by atomic mass is 10.1. The molecule has 0 bridgehead atoms. The van der Waals surface area contributed by atoms with Gasteiger partial charge < -0.3 is 19.5 Å². The Bertz CT molecular complexity index is 1240. The number of rotatable bonds is 6. The van der Waals surface area contributed by atoms with Gasteiger partial charge in [-0.3, -0.25) is 4.98 Å². The first kappa shape index (κ1) is 20.6. The van der Waals surface area contributed by atoms with Crippen molar-refractivity contribution >= 4 is 6.03 Å². The van der Waals surface area contributed by atoms with Gasteiger partial charge in [0.05, 0.1) is 24.8 Å². The number of carbonyl (C=O) groups is 1. The number of aromatic nitrogens is 4. The summed E-state index contributed by atoms with van der Waals surface area (Å²) in [5, 5.41) is 6.94. The standard InChI is InChI=1S/C24H22N6O3/c1-16-6-8-17(9-7-16)12-27-24(31)30-14-18(15-30)32-21-5-3-2-4-19(21)23-28-22(29-33-23)20-13-25-10-11-26-20/h2-11,13,18H,12,14-15H2,1H3,(H,27,31). The van der Waals surface area contributed by atoms with Gasteiger partial charge in [-0.2, -0.15) is 4.98 Å². The quantitative estimate of drug-likeness (QED) is 0.487. The van der Waals surface area contributed by atoms with E-state index in [4.69, 9.17) is 9.26 Å². The summed E-state index contributed by atoms with van der Waals surface area (Å²) < 4.78 is 11.6. The third-order valence-corrected chi connectivity index (χ3v) is 5.33. The second-order valence-electron chi connectivity index (χ2n) is 7.80. The molecule has 2 aromatic heterocycles. The van der Waals surface area contributed by atoms with Gasteiger partial charge in [0, 0.05) is 18.9 Å². The summed E-state index contributed by atoms with van der Waals surface area (Å²) >= 11 is 0. The highest BCUT2D eigenvalue weighted by Crippen LogP contribution is 2.31. The zero-order valence-corrected chi connectivity index (χ0v) is 18.0. The van der Waals surface area contributed by atoms with Crippen LogP contribution < -0.4 is 10.1 Å². The Morgan fingerprint density at radius 1 is 1.15 bits per heavy atom. The topological polar surface area (TPSA) is 106 Å². The number of para-hydroxylation sites is 1. The number of nitrogens with zero attached hydrogens (tertiary/aromatic N) is 5. The van der Waals surface area contributed by atoms with Crippen LogP contribution >= 0.6 is 0 Å². The molecule has 1 saturated heterocycles. The average Bonchev–Trinajstić information content (AvgIpc) is 3.31. The van der Waals surface area contributed by atoms with Gasteiger partial charge in [0.15, 0.2) is 0 Å². The van der Waals surface area contributed by atoms with E-state index in [-0.39, 0.29) is 12.1 Å². The molecule has 0 atom stereocenters. The number of urea groups is 1. The predicted molar refractivity (Wildman–Crippen MR) is 120 cm³/mol. The van der Waals surface area contributed by atoms with Crippen molar-refractivity contribution in [3.05, 3.63) is 78.2 Å². The van der Waals surface area contributed by atoms with E-state index in [0.717, 1.165) is 5.56 Å². The molecule has 1 aliphatic rings. The first-order chi connectivity index (χ1) is 16.2. The van der Waals surface area contributed by atoms with Gasteiger partial charge in [-0.25, -0.2) is 9.78 Å². The van der Waals surface area contributed by atoms with Crippen LogP contribution in [0.2, 0.25) is 0 Å². The maximum absolute atomic E-state index is 12.4. The second-order valence-corrected chi connectivity index (χ2v) is 7.80. The molecule has 0 radical (unpaired) electrons. The lowest BCUT2D eigenvalue weighted by Crippen LogP contribution is -2.58. The van der Waals surface area contributed by atoms with Crippen molar-refractivity contribution in [2.75, 3.05) is 13.1 Å². The van der Waals surface area contributed by atoms with Crippen molar-refractivity contribution in [2.45, 2.75) is 19.6 Å². The number of carbonyl (C=O) groups excluding carboxylic acids is 1. The minimum Gasteiger partial charge on any atom is -0.486 e.